The molecule has 0 aromatic heterocycles. The Morgan fingerprint density at radius 3 is 2.58 bits per heavy atom. The van der Waals surface area contributed by atoms with E-state index < -0.39 is 5.54 Å². The average Bonchev–Trinajstić information content (AvgIpc) is 2.91. The Hall–Kier alpha value is -1.12. The number of carbonyl (C=O) groups excluding carboxylic acids is 1. The number of piperazine rings is 1. The molecule has 0 aromatic rings. The molecule has 2 heterocycles. The first-order chi connectivity index (χ1) is 9.03. The van der Waals surface area contributed by atoms with Gasteiger partial charge in [0.15, 0.2) is 0 Å². The second kappa shape index (κ2) is 5.89. The summed E-state index contributed by atoms with van der Waals surface area (Å²) in [5.41, 5.74) is -0.441. The Labute approximate surface area is 115 Å². The number of rotatable bonds is 3. The van der Waals surface area contributed by atoms with Crippen LogP contribution in [0.15, 0.2) is 0 Å². The van der Waals surface area contributed by atoms with E-state index in [0.717, 1.165) is 45.6 Å². The van der Waals surface area contributed by atoms with Gasteiger partial charge in [0.2, 0.25) is 5.91 Å². The van der Waals surface area contributed by atoms with E-state index in [0.29, 0.717) is 6.42 Å². The van der Waals surface area contributed by atoms with Crippen molar-refractivity contribution in [3.8, 4) is 6.07 Å². The number of hydrogen-bond acceptors (Lipinski definition) is 4. The van der Waals surface area contributed by atoms with E-state index in [9.17, 15) is 4.79 Å². The molecule has 0 bridgehead atoms. The summed E-state index contributed by atoms with van der Waals surface area (Å²) in [5.74, 6) is 0.196. The summed E-state index contributed by atoms with van der Waals surface area (Å²) in [6, 6.07) is 2.32. The first-order valence-corrected chi connectivity index (χ1v) is 7.08. The second-order valence-electron chi connectivity index (χ2n) is 5.88. The first-order valence-electron chi connectivity index (χ1n) is 7.08. The number of nitriles is 1. The molecule has 5 heteroatoms. The van der Waals surface area contributed by atoms with Crippen LogP contribution >= 0.6 is 0 Å². The highest BCUT2D eigenvalue weighted by atomic mass is 16.5. The van der Waals surface area contributed by atoms with Gasteiger partial charge in [0.05, 0.1) is 18.6 Å². The number of carbonyl (C=O) groups is 1. The maximum atomic E-state index is 12.1. The van der Waals surface area contributed by atoms with E-state index in [2.05, 4.69) is 11.0 Å². The number of nitrogens with zero attached hydrogens (tertiary/aromatic N) is 3. The van der Waals surface area contributed by atoms with Gasteiger partial charge < -0.3 is 9.64 Å². The van der Waals surface area contributed by atoms with Crippen molar-refractivity contribution in [2.24, 2.45) is 0 Å². The standard InChI is InChI=1S/C14H23N3O2/c1-14(2,11-15)17-7-5-16(6-8-17)13(18)10-12-4-3-9-19-12/h12H,3-10H2,1-2H3. The maximum absolute atomic E-state index is 12.1. The van der Waals surface area contributed by atoms with E-state index in [4.69, 9.17) is 10.00 Å². The number of ether oxygens (including phenoxy) is 1. The molecule has 2 saturated heterocycles. The highest BCUT2D eigenvalue weighted by Gasteiger charge is 2.31. The van der Waals surface area contributed by atoms with E-state index in [1.54, 1.807) is 0 Å². The van der Waals surface area contributed by atoms with Gasteiger partial charge in [-0.05, 0) is 26.7 Å². The molecular weight excluding hydrogens is 242 g/mol. The van der Waals surface area contributed by atoms with Crippen molar-refractivity contribution in [2.75, 3.05) is 32.8 Å². The van der Waals surface area contributed by atoms with Crippen molar-refractivity contribution in [2.45, 2.75) is 44.8 Å². The normalized spacial score (nSPS) is 25.3. The Balaban J connectivity index is 1.79. The highest BCUT2D eigenvalue weighted by Crippen LogP contribution is 2.19. The fourth-order valence-corrected chi connectivity index (χ4v) is 2.71. The fraction of sp³-hybridized carbons (Fsp3) is 0.857. The number of amides is 1. The minimum Gasteiger partial charge on any atom is -0.378 e. The molecule has 1 unspecified atom stereocenters. The fourth-order valence-electron chi connectivity index (χ4n) is 2.71. The summed E-state index contributed by atoms with van der Waals surface area (Å²) < 4.78 is 5.51. The van der Waals surface area contributed by atoms with Crippen LogP contribution in [-0.2, 0) is 9.53 Å². The monoisotopic (exact) mass is 265 g/mol. The molecule has 2 fully saturated rings. The van der Waals surface area contributed by atoms with Crippen molar-refractivity contribution >= 4 is 5.91 Å². The van der Waals surface area contributed by atoms with E-state index in [1.165, 1.54) is 0 Å². The van der Waals surface area contributed by atoms with Gasteiger partial charge in [-0.3, -0.25) is 9.69 Å². The molecule has 2 aliphatic heterocycles. The van der Waals surface area contributed by atoms with Gasteiger partial charge in [0, 0.05) is 32.8 Å². The summed E-state index contributed by atoms with van der Waals surface area (Å²) in [5, 5.41) is 9.12. The Morgan fingerprint density at radius 1 is 1.37 bits per heavy atom. The third-order valence-electron chi connectivity index (χ3n) is 4.12. The predicted molar refractivity (Wildman–Crippen MR) is 71.4 cm³/mol. The van der Waals surface area contributed by atoms with Crippen LogP contribution in [0.2, 0.25) is 0 Å². The van der Waals surface area contributed by atoms with E-state index in [-0.39, 0.29) is 12.0 Å². The van der Waals surface area contributed by atoms with Crippen LogP contribution in [0.3, 0.4) is 0 Å². The highest BCUT2D eigenvalue weighted by molar-refractivity contribution is 5.76. The van der Waals surface area contributed by atoms with Crippen LogP contribution < -0.4 is 0 Å². The molecule has 106 valence electrons. The zero-order chi connectivity index (χ0) is 13.9. The van der Waals surface area contributed by atoms with Crippen LogP contribution in [0.1, 0.15) is 33.1 Å². The third kappa shape index (κ3) is 3.46. The summed E-state index contributed by atoms with van der Waals surface area (Å²) in [6.07, 6.45) is 2.72. The minimum absolute atomic E-state index is 0.126. The van der Waals surface area contributed by atoms with Crippen LogP contribution in [-0.4, -0.2) is 60.1 Å². The van der Waals surface area contributed by atoms with Gasteiger partial charge in [-0.15, -0.1) is 0 Å². The third-order valence-corrected chi connectivity index (χ3v) is 4.12. The lowest BCUT2D eigenvalue weighted by atomic mass is 10.0. The van der Waals surface area contributed by atoms with Gasteiger partial charge in [-0.2, -0.15) is 5.26 Å². The van der Waals surface area contributed by atoms with Gasteiger partial charge in [-0.1, -0.05) is 0 Å². The summed E-state index contributed by atoms with van der Waals surface area (Å²) in [6.45, 7) is 7.64. The Bertz CT molecular complexity index is 361. The number of hydrogen-bond donors (Lipinski definition) is 0. The molecule has 2 aliphatic rings. The van der Waals surface area contributed by atoms with E-state index in [1.807, 2.05) is 18.7 Å². The van der Waals surface area contributed by atoms with Crippen molar-refractivity contribution in [1.82, 2.24) is 9.80 Å². The van der Waals surface area contributed by atoms with Crippen molar-refractivity contribution < 1.29 is 9.53 Å². The van der Waals surface area contributed by atoms with Gasteiger partial charge in [-0.25, -0.2) is 0 Å². The topological polar surface area (TPSA) is 56.6 Å². The first kappa shape index (κ1) is 14.3. The minimum atomic E-state index is -0.441. The molecule has 2 rings (SSSR count). The second-order valence-corrected chi connectivity index (χ2v) is 5.88. The molecule has 0 N–H and O–H groups in total. The van der Waals surface area contributed by atoms with Crippen molar-refractivity contribution in [3.63, 3.8) is 0 Å². The van der Waals surface area contributed by atoms with Crippen molar-refractivity contribution in [3.05, 3.63) is 0 Å². The Morgan fingerprint density at radius 2 is 2.05 bits per heavy atom. The molecular formula is C14H23N3O2. The molecule has 0 aromatic carbocycles. The summed E-state index contributed by atoms with van der Waals surface area (Å²) >= 11 is 0. The molecule has 1 amide bonds. The van der Waals surface area contributed by atoms with Gasteiger partial charge in [0.25, 0.3) is 0 Å². The van der Waals surface area contributed by atoms with Gasteiger partial charge in [0.1, 0.15) is 5.54 Å². The van der Waals surface area contributed by atoms with E-state index >= 15 is 0 Å². The average molecular weight is 265 g/mol. The lowest BCUT2D eigenvalue weighted by Crippen LogP contribution is -2.55. The van der Waals surface area contributed by atoms with Crippen LogP contribution in [0.5, 0.6) is 0 Å². The molecule has 0 spiro atoms. The molecule has 1 atom stereocenters. The Kier molecular flexibility index (Phi) is 4.43. The SMILES string of the molecule is CC(C)(C#N)N1CCN(C(=O)CC2CCCO2)CC1. The summed E-state index contributed by atoms with van der Waals surface area (Å²) in [7, 11) is 0. The quantitative estimate of drug-likeness (QED) is 0.764. The molecule has 19 heavy (non-hydrogen) atoms. The molecule has 0 aliphatic carbocycles. The molecule has 0 radical (unpaired) electrons. The largest absolute Gasteiger partial charge is 0.378 e. The van der Waals surface area contributed by atoms with Gasteiger partial charge >= 0.3 is 0 Å². The molecule has 0 saturated carbocycles. The lowest BCUT2D eigenvalue weighted by molar-refractivity contribution is -0.135. The van der Waals surface area contributed by atoms with Crippen molar-refractivity contribution in [1.29, 1.82) is 5.26 Å². The smallest absolute Gasteiger partial charge is 0.225 e. The summed E-state index contributed by atoms with van der Waals surface area (Å²) in [4.78, 5) is 16.2. The molecule has 5 nitrogen and oxygen atoms in total. The van der Waals surface area contributed by atoms with Crippen LogP contribution in [0, 0.1) is 11.3 Å². The van der Waals surface area contributed by atoms with Crippen LogP contribution in [0.25, 0.3) is 0 Å². The maximum Gasteiger partial charge on any atom is 0.225 e. The predicted octanol–water partition coefficient (Wildman–Crippen LogP) is 1.00. The zero-order valence-corrected chi connectivity index (χ0v) is 11.9. The lowest BCUT2D eigenvalue weighted by Gasteiger charge is -2.40. The van der Waals surface area contributed by atoms with Crippen LogP contribution in [0.4, 0.5) is 0 Å². The zero-order valence-electron chi connectivity index (χ0n) is 11.9.